The van der Waals surface area contributed by atoms with Crippen molar-refractivity contribution in [2.75, 3.05) is 16.8 Å². The molecule has 2 N–H and O–H groups in total. The van der Waals surface area contributed by atoms with Crippen molar-refractivity contribution in [2.45, 2.75) is 13.8 Å². The van der Waals surface area contributed by atoms with Crippen molar-refractivity contribution in [1.82, 2.24) is 5.32 Å². The molecular weight excluding hydrogens is 406 g/mol. The van der Waals surface area contributed by atoms with E-state index in [1.54, 1.807) is 24.3 Å². The quantitative estimate of drug-likeness (QED) is 0.586. The Hall–Kier alpha value is -2.97. The minimum Gasteiger partial charge on any atom is -0.324 e. The van der Waals surface area contributed by atoms with Crippen LogP contribution in [0, 0.1) is 13.8 Å². The van der Waals surface area contributed by atoms with Gasteiger partial charge in [-0.2, -0.15) is 0 Å². The largest absolute Gasteiger partial charge is 0.324 e. The van der Waals surface area contributed by atoms with Crippen molar-refractivity contribution < 1.29 is 14.4 Å². The molecule has 0 saturated carbocycles. The Morgan fingerprint density at radius 2 is 1.93 bits per heavy atom. The van der Waals surface area contributed by atoms with Crippen molar-refractivity contribution in [3.05, 3.63) is 64.1 Å². The maximum Gasteiger partial charge on any atom is 0.264 e. The van der Waals surface area contributed by atoms with E-state index in [1.165, 1.54) is 4.90 Å². The zero-order valence-electron chi connectivity index (χ0n) is 15.7. The SMILES string of the molecule is Cc1ccc(NC(=O)CN2C(=O)/C(=C3\SC(=S)NC3=O)c3ccccc32)c(C)c1. The summed E-state index contributed by atoms with van der Waals surface area (Å²) in [5.74, 6) is -1.09. The molecule has 4 rings (SSSR count). The molecule has 1 fully saturated rings. The van der Waals surface area contributed by atoms with Gasteiger partial charge in [0.1, 0.15) is 10.9 Å². The number of nitrogens with one attached hydrogen (secondary N) is 2. The van der Waals surface area contributed by atoms with Gasteiger partial charge in [-0.05, 0) is 31.5 Å². The number of thioether (sulfide) groups is 1. The molecule has 6 nitrogen and oxygen atoms in total. The van der Waals surface area contributed by atoms with Crippen LogP contribution in [0.15, 0.2) is 47.4 Å². The van der Waals surface area contributed by atoms with Crippen molar-refractivity contribution in [2.24, 2.45) is 0 Å². The number of hydrogen-bond donors (Lipinski definition) is 2. The number of para-hydroxylation sites is 1. The van der Waals surface area contributed by atoms with Crippen LogP contribution in [0.25, 0.3) is 5.57 Å². The molecule has 0 unspecified atom stereocenters. The lowest BCUT2D eigenvalue weighted by atomic mass is 10.1. The molecule has 0 spiro atoms. The fraction of sp³-hybridized carbons (Fsp3) is 0.143. The van der Waals surface area contributed by atoms with Crippen molar-refractivity contribution in [3.63, 3.8) is 0 Å². The topological polar surface area (TPSA) is 78.5 Å². The first-order valence-electron chi connectivity index (χ1n) is 8.91. The number of amides is 3. The van der Waals surface area contributed by atoms with Crippen LogP contribution in [-0.2, 0) is 14.4 Å². The van der Waals surface area contributed by atoms with E-state index in [0.29, 0.717) is 21.3 Å². The van der Waals surface area contributed by atoms with Crippen LogP contribution in [-0.4, -0.2) is 28.6 Å². The number of carbonyl (C=O) groups is 3. The van der Waals surface area contributed by atoms with Crippen LogP contribution in [0.2, 0.25) is 0 Å². The second kappa shape index (κ2) is 7.46. The maximum atomic E-state index is 13.2. The third-order valence-electron chi connectivity index (χ3n) is 4.72. The van der Waals surface area contributed by atoms with E-state index >= 15 is 0 Å². The number of hydrogen-bond acceptors (Lipinski definition) is 5. The molecule has 1 saturated heterocycles. The van der Waals surface area contributed by atoms with E-state index in [9.17, 15) is 14.4 Å². The molecule has 0 radical (unpaired) electrons. The maximum absolute atomic E-state index is 13.2. The summed E-state index contributed by atoms with van der Waals surface area (Å²) in [5, 5.41) is 5.40. The Morgan fingerprint density at radius 1 is 1.17 bits per heavy atom. The Kier molecular flexibility index (Phi) is 4.97. The molecule has 8 heteroatoms. The van der Waals surface area contributed by atoms with E-state index in [-0.39, 0.29) is 34.7 Å². The molecule has 0 aliphatic carbocycles. The average Bonchev–Trinajstić information content (AvgIpc) is 3.13. The van der Waals surface area contributed by atoms with E-state index in [1.807, 2.05) is 32.0 Å². The molecule has 2 aromatic rings. The fourth-order valence-electron chi connectivity index (χ4n) is 3.42. The summed E-state index contributed by atoms with van der Waals surface area (Å²) in [6.07, 6.45) is 0. The van der Waals surface area contributed by atoms with Crippen LogP contribution in [0.4, 0.5) is 11.4 Å². The first-order valence-corrected chi connectivity index (χ1v) is 10.1. The van der Waals surface area contributed by atoms with Gasteiger partial charge in [0.05, 0.1) is 16.2 Å². The van der Waals surface area contributed by atoms with Crippen molar-refractivity contribution in [1.29, 1.82) is 0 Å². The van der Waals surface area contributed by atoms with Gasteiger partial charge >= 0.3 is 0 Å². The molecule has 2 aliphatic rings. The Morgan fingerprint density at radius 3 is 2.62 bits per heavy atom. The highest BCUT2D eigenvalue weighted by Crippen LogP contribution is 2.42. The first-order chi connectivity index (χ1) is 13.8. The second-order valence-electron chi connectivity index (χ2n) is 6.82. The number of thiocarbonyl (C=S) groups is 1. The molecule has 0 bridgehead atoms. The van der Waals surface area contributed by atoms with E-state index in [2.05, 4.69) is 10.6 Å². The molecule has 0 aromatic heterocycles. The molecular formula is C21H17N3O3S2. The minimum absolute atomic E-state index is 0.156. The minimum atomic E-state index is -0.389. The lowest BCUT2D eigenvalue weighted by Crippen LogP contribution is -2.35. The number of carbonyl (C=O) groups excluding carboxylic acids is 3. The monoisotopic (exact) mass is 423 g/mol. The highest BCUT2D eigenvalue weighted by Gasteiger charge is 2.39. The van der Waals surface area contributed by atoms with Gasteiger partial charge in [-0.25, -0.2) is 0 Å². The van der Waals surface area contributed by atoms with Gasteiger partial charge in [0.25, 0.3) is 11.8 Å². The number of benzene rings is 2. The Bertz CT molecular complexity index is 1120. The Balaban J connectivity index is 1.64. The molecule has 0 atom stereocenters. The predicted octanol–water partition coefficient (Wildman–Crippen LogP) is 3.15. The third-order valence-corrected chi connectivity index (χ3v) is 5.96. The molecule has 146 valence electrons. The molecule has 29 heavy (non-hydrogen) atoms. The van der Waals surface area contributed by atoms with E-state index in [4.69, 9.17) is 12.2 Å². The van der Waals surface area contributed by atoms with E-state index in [0.717, 1.165) is 22.9 Å². The standard InChI is InChI=1S/C21H17N3O3S2/c1-11-7-8-14(12(2)9-11)22-16(25)10-24-15-6-4-3-5-13(15)17(20(24)27)18-19(26)23-21(28)29-18/h3-9H,10H2,1-2H3,(H,22,25)(H,23,26,28)/b18-17-. The molecule has 2 aliphatic heterocycles. The van der Waals surface area contributed by atoms with Crippen molar-refractivity contribution >= 4 is 63.0 Å². The number of rotatable bonds is 3. The number of nitrogens with zero attached hydrogens (tertiary/aromatic N) is 1. The molecule has 2 heterocycles. The fourth-order valence-corrected chi connectivity index (χ4v) is 4.54. The molecule has 2 aromatic carbocycles. The highest BCUT2D eigenvalue weighted by atomic mass is 32.2. The predicted molar refractivity (Wildman–Crippen MR) is 119 cm³/mol. The second-order valence-corrected chi connectivity index (χ2v) is 8.51. The summed E-state index contributed by atoms with van der Waals surface area (Å²) in [7, 11) is 0. The van der Waals surface area contributed by atoms with Gasteiger partial charge in [0, 0.05) is 11.3 Å². The summed E-state index contributed by atoms with van der Waals surface area (Å²) in [6.45, 7) is 3.74. The van der Waals surface area contributed by atoms with Gasteiger partial charge in [-0.15, -0.1) is 0 Å². The number of aryl methyl sites for hydroxylation is 2. The third kappa shape index (κ3) is 3.56. The number of anilines is 2. The van der Waals surface area contributed by atoms with Gasteiger partial charge in [0.15, 0.2) is 0 Å². The lowest BCUT2D eigenvalue weighted by molar-refractivity contribution is -0.118. The van der Waals surface area contributed by atoms with E-state index < -0.39 is 0 Å². The van der Waals surface area contributed by atoms with Crippen LogP contribution >= 0.6 is 24.0 Å². The number of fused-ring (bicyclic) bond motifs is 1. The van der Waals surface area contributed by atoms with Gasteiger partial charge in [-0.1, -0.05) is 59.9 Å². The van der Waals surface area contributed by atoms with Crippen LogP contribution in [0.3, 0.4) is 0 Å². The van der Waals surface area contributed by atoms with Gasteiger partial charge < -0.3 is 10.6 Å². The summed E-state index contributed by atoms with van der Waals surface area (Å²) >= 11 is 6.11. The molecule has 3 amide bonds. The smallest absolute Gasteiger partial charge is 0.264 e. The summed E-state index contributed by atoms with van der Waals surface area (Å²) in [5.41, 5.74) is 4.26. The van der Waals surface area contributed by atoms with Crippen molar-refractivity contribution in [3.8, 4) is 0 Å². The van der Waals surface area contributed by atoms with Crippen LogP contribution in [0.1, 0.15) is 16.7 Å². The summed E-state index contributed by atoms with van der Waals surface area (Å²) in [4.78, 5) is 39.7. The highest BCUT2D eigenvalue weighted by molar-refractivity contribution is 8.27. The summed E-state index contributed by atoms with van der Waals surface area (Å²) in [6, 6.07) is 12.9. The van der Waals surface area contributed by atoms with Crippen LogP contribution in [0.5, 0.6) is 0 Å². The van der Waals surface area contributed by atoms with Gasteiger partial charge in [-0.3, -0.25) is 19.3 Å². The zero-order valence-corrected chi connectivity index (χ0v) is 17.4. The first kappa shape index (κ1) is 19.4. The lowest BCUT2D eigenvalue weighted by Gasteiger charge is -2.17. The average molecular weight is 424 g/mol. The Labute approximate surface area is 177 Å². The normalized spacial score (nSPS) is 18.1. The zero-order chi connectivity index (χ0) is 20.7. The summed E-state index contributed by atoms with van der Waals surface area (Å²) < 4.78 is 0.314. The van der Waals surface area contributed by atoms with Gasteiger partial charge in [0.2, 0.25) is 5.91 Å². The van der Waals surface area contributed by atoms with Crippen LogP contribution < -0.4 is 15.5 Å².